The third kappa shape index (κ3) is 2.37. The van der Waals surface area contributed by atoms with Crippen LogP contribution in [-0.4, -0.2) is 11.5 Å². The third-order valence-electron chi connectivity index (χ3n) is 3.49. The Hall–Kier alpha value is -2.95. The second-order valence-electron chi connectivity index (χ2n) is 4.82. The smallest absolute Gasteiger partial charge is 0.253 e. The van der Waals surface area contributed by atoms with E-state index in [9.17, 15) is 9.59 Å². The fourth-order valence-electron chi connectivity index (χ4n) is 2.41. The topological polar surface area (TPSA) is 62.3 Å². The lowest BCUT2D eigenvalue weighted by Gasteiger charge is -2.26. The van der Waals surface area contributed by atoms with Gasteiger partial charge in [0.05, 0.1) is 0 Å². The third-order valence-corrected chi connectivity index (χ3v) is 3.49. The summed E-state index contributed by atoms with van der Waals surface area (Å²) in [5.74, 6) is 0. The summed E-state index contributed by atoms with van der Waals surface area (Å²) in [5, 5.41) is 3.02. The Morgan fingerprint density at radius 3 is 2.32 bits per heavy atom. The largest absolute Gasteiger partial charge is 0.350 e. The standard InChI is InChI=1S/C17H15N3O2/c1-2-20(13-6-4-3-5-7-13)15-14(16(21)17(15)22)19-12-8-10-18-11-9-12/h3-11H,2H2,1H3,(H,18,19). The van der Waals surface area contributed by atoms with Gasteiger partial charge in [-0.3, -0.25) is 14.6 Å². The van der Waals surface area contributed by atoms with Crippen molar-refractivity contribution in [2.75, 3.05) is 16.8 Å². The SMILES string of the molecule is CCN(c1ccccc1)c1c(Nc2ccncc2)c(=O)c1=O. The monoisotopic (exact) mass is 293 g/mol. The number of anilines is 4. The van der Waals surface area contributed by atoms with Gasteiger partial charge in [0.1, 0.15) is 11.4 Å². The van der Waals surface area contributed by atoms with E-state index in [2.05, 4.69) is 10.3 Å². The van der Waals surface area contributed by atoms with Gasteiger partial charge < -0.3 is 10.2 Å². The van der Waals surface area contributed by atoms with Crippen LogP contribution in [0.4, 0.5) is 22.7 Å². The molecule has 0 saturated carbocycles. The summed E-state index contributed by atoms with van der Waals surface area (Å²) in [5.41, 5.74) is 1.42. The Bertz CT molecular complexity index is 837. The molecular weight excluding hydrogens is 278 g/mol. The number of rotatable bonds is 5. The molecule has 0 bridgehead atoms. The first kappa shape index (κ1) is 14.0. The molecule has 3 rings (SSSR count). The van der Waals surface area contributed by atoms with Crippen LogP contribution >= 0.6 is 0 Å². The van der Waals surface area contributed by atoms with Gasteiger partial charge in [-0.25, -0.2) is 0 Å². The summed E-state index contributed by atoms with van der Waals surface area (Å²) in [7, 11) is 0. The fourth-order valence-corrected chi connectivity index (χ4v) is 2.41. The molecule has 0 atom stereocenters. The number of aromatic nitrogens is 1. The second kappa shape index (κ2) is 5.81. The van der Waals surface area contributed by atoms with Crippen molar-refractivity contribution in [1.82, 2.24) is 4.98 Å². The maximum Gasteiger partial charge on any atom is 0.253 e. The molecule has 3 aromatic rings. The molecule has 1 N–H and O–H groups in total. The Morgan fingerprint density at radius 1 is 1.00 bits per heavy atom. The molecule has 0 radical (unpaired) electrons. The number of pyridine rings is 1. The predicted octanol–water partition coefficient (Wildman–Crippen LogP) is 2.58. The molecule has 1 heterocycles. The highest BCUT2D eigenvalue weighted by Crippen LogP contribution is 2.29. The van der Waals surface area contributed by atoms with Crippen LogP contribution in [0, 0.1) is 0 Å². The van der Waals surface area contributed by atoms with Crippen molar-refractivity contribution in [2.24, 2.45) is 0 Å². The first-order valence-electron chi connectivity index (χ1n) is 7.05. The lowest BCUT2D eigenvalue weighted by molar-refractivity contribution is 1.01. The van der Waals surface area contributed by atoms with Gasteiger partial charge in [-0.05, 0) is 31.2 Å². The molecule has 0 amide bonds. The van der Waals surface area contributed by atoms with Crippen LogP contribution in [0.2, 0.25) is 0 Å². The van der Waals surface area contributed by atoms with Gasteiger partial charge in [-0.1, -0.05) is 18.2 Å². The van der Waals surface area contributed by atoms with Crippen molar-refractivity contribution in [3.8, 4) is 0 Å². The van der Waals surface area contributed by atoms with E-state index in [1.807, 2.05) is 42.2 Å². The quantitative estimate of drug-likeness (QED) is 0.733. The highest BCUT2D eigenvalue weighted by Gasteiger charge is 2.26. The van der Waals surface area contributed by atoms with Gasteiger partial charge in [0.2, 0.25) is 0 Å². The lowest BCUT2D eigenvalue weighted by Crippen LogP contribution is -2.40. The molecule has 0 saturated heterocycles. The summed E-state index contributed by atoms with van der Waals surface area (Å²) >= 11 is 0. The van der Waals surface area contributed by atoms with Crippen LogP contribution in [0.5, 0.6) is 0 Å². The molecule has 22 heavy (non-hydrogen) atoms. The first-order valence-corrected chi connectivity index (χ1v) is 7.05. The molecule has 0 aliphatic rings. The van der Waals surface area contributed by atoms with Gasteiger partial charge >= 0.3 is 0 Å². The molecular formula is C17H15N3O2. The lowest BCUT2D eigenvalue weighted by atomic mass is 10.1. The number of benzene rings is 1. The van der Waals surface area contributed by atoms with Crippen molar-refractivity contribution in [3.05, 3.63) is 75.3 Å². The Kier molecular flexibility index (Phi) is 3.70. The van der Waals surface area contributed by atoms with E-state index in [1.54, 1.807) is 24.5 Å². The van der Waals surface area contributed by atoms with Crippen LogP contribution in [0.3, 0.4) is 0 Å². The average Bonchev–Trinajstić information content (AvgIpc) is 2.59. The van der Waals surface area contributed by atoms with E-state index in [1.165, 1.54) is 0 Å². The number of nitrogens with one attached hydrogen (secondary N) is 1. The zero-order valence-corrected chi connectivity index (χ0v) is 12.1. The van der Waals surface area contributed by atoms with Crippen LogP contribution < -0.4 is 21.1 Å². The zero-order chi connectivity index (χ0) is 15.5. The molecule has 1 aromatic heterocycles. The van der Waals surface area contributed by atoms with Gasteiger partial charge in [0, 0.05) is 30.3 Å². The van der Waals surface area contributed by atoms with Gasteiger partial charge in [0.25, 0.3) is 10.9 Å². The maximum absolute atomic E-state index is 12.0. The van der Waals surface area contributed by atoms with Gasteiger partial charge in [-0.2, -0.15) is 0 Å². The van der Waals surface area contributed by atoms with Crippen LogP contribution in [0.15, 0.2) is 64.4 Å². The molecule has 5 nitrogen and oxygen atoms in total. The molecule has 0 unspecified atom stereocenters. The molecule has 0 spiro atoms. The Labute approximate surface area is 127 Å². The Balaban J connectivity index is 1.99. The fraction of sp³-hybridized carbons (Fsp3) is 0.118. The molecule has 0 aliphatic heterocycles. The predicted molar refractivity (Wildman–Crippen MR) is 88.0 cm³/mol. The molecule has 2 aromatic carbocycles. The summed E-state index contributed by atoms with van der Waals surface area (Å²) in [6.45, 7) is 2.54. The minimum Gasteiger partial charge on any atom is -0.350 e. The van der Waals surface area contributed by atoms with Crippen molar-refractivity contribution in [1.29, 1.82) is 0 Å². The normalized spacial score (nSPS) is 10.6. The van der Waals surface area contributed by atoms with Crippen molar-refractivity contribution in [2.45, 2.75) is 6.92 Å². The summed E-state index contributed by atoms with van der Waals surface area (Å²) in [6.07, 6.45) is 3.25. The van der Waals surface area contributed by atoms with Crippen molar-refractivity contribution in [3.63, 3.8) is 0 Å². The maximum atomic E-state index is 12.0. The molecule has 5 heteroatoms. The van der Waals surface area contributed by atoms with Crippen molar-refractivity contribution < 1.29 is 0 Å². The number of hydrogen-bond acceptors (Lipinski definition) is 5. The van der Waals surface area contributed by atoms with E-state index >= 15 is 0 Å². The minimum absolute atomic E-state index is 0.335. The number of nitrogens with zero attached hydrogens (tertiary/aromatic N) is 2. The van der Waals surface area contributed by atoms with Crippen LogP contribution in [-0.2, 0) is 0 Å². The van der Waals surface area contributed by atoms with Crippen LogP contribution in [0.25, 0.3) is 0 Å². The first-order chi connectivity index (χ1) is 10.7. The van der Waals surface area contributed by atoms with Crippen LogP contribution in [0.1, 0.15) is 6.92 Å². The molecule has 0 aliphatic carbocycles. The van der Waals surface area contributed by atoms with Crippen molar-refractivity contribution >= 4 is 22.7 Å². The van der Waals surface area contributed by atoms with E-state index in [4.69, 9.17) is 0 Å². The number of hydrogen-bond donors (Lipinski definition) is 1. The van der Waals surface area contributed by atoms with E-state index in [0.717, 1.165) is 11.4 Å². The second-order valence-corrected chi connectivity index (χ2v) is 4.82. The highest BCUT2D eigenvalue weighted by molar-refractivity contribution is 5.83. The van der Waals surface area contributed by atoms with Gasteiger partial charge in [0.15, 0.2) is 0 Å². The number of para-hydroxylation sites is 1. The van der Waals surface area contributed by atoms with E-state index < -0.39 is 10.9 Å². The molecule has 110 valence electrons. The summed E-state index contributed by atoms with van der Waals surface area (Å²) < 4.78 is 0. The summed E-state index contributed by atoms with van der Waals surface area (Å²) in [6, 6.07) is 13.0. The van der Waals surface area contributed by atoms with E-state index in [-0.39, 0.29) is 0 Å². The molecule has 0 fully saturated rings. The Morgan fingerprint density at radius 2 is 1.68 bits per heavy atom. The van der Waals surface area contributed by atoms with E-state index in [0.29, 0.717) is 17.9 Å². The summed E-state index contributed by atoms with van der Waals surface area (Å²) in [4.78, 5) is 29.7. The highest BCUT2D eigenvalue weighted by atomic mass is 16.2. The minimum atomic E-state index is -0.485. The average molecular weight is 293 g/mol. The van der Waals surface area contributed by atoms with Gasteiger partial charge in [-0.15, -0.1) is 0 Å². The zero-order valence-electron chi connectivity index (χ0n) is 12.1.